The topological polar surface area (TPSA) is 9.23 Å². The van der Waals surface area contributed by atoms with Crippen molar-refractivity contribution < 1.29 is 4.43 Å². The van der Waals surface area contributed by atoms with Crippen molar-refractivity contribution in [2.45, 2.75) is 135 Å². The van der Waals surface area contributed by atoms with Gasteiger partial charge in [0.05, 0.1) is 0 Å². The van der Waals surface area contributed by atoms with Crippen LogP contribution in [-0.2, 0) is 4.43 Å². The largest absolute Gasteiger partial charge is 0.414 e. The third kappa shape index (κ3) is 9.29. The molecule has 0 aromatic carbocycles. The minimum absolute atomic E-state index is 0.578. The Morgan fingerprint density at radius 2 is 1.26 bits per heavy atom. The average molecular weight is 341 g/mol. The molecule has 0 amide bonds. The van der Waals surface area contributed by atoms with Crippen molar-refractivity contribution in [1.82, 2.24) is 0 Å². The summed E-state index contributed by atoms with van der Waals surface area (Å²) in [7, 11) is -1.29. The van der Waals surface area contributed by atoms with Crippen LogP contribution in [0.15, 0.2) is 0 Å². The van der Waals surface area contributed by atoms with Gasteiger partial charge in [0.1, 0.15) is 0 Å². The van der Waals surface area contributed by atoms with Crippen LogP contribution in [0.1, 0.15) is 111 Å². The van der Waals surface area contributed by atoms with E-state index in [4.69, 9.17) is 4.43 Å². The van der Waals surface area contributed by atoms with Gasteiger partial charge in [-0.05, 0) is 31.0 Å². The Hall–Kier alpha value is 0.177. The lowest BCUT2D eigenvalue weighted by atomic mass is 10.0. The molecule has 1 aliphatic rings. The van der Waals surface area contributed by atoms with Gasteiger partial charge >= 0.3 is 0 Å². The summed E-state index contributed by atoms with van der Waals surface area (Å²) in [6, 6.07) is 4.23. The molecule has 0 bridgehead atoms. The van der Waals surface area contributed by atoms with Gasteiger partial charge in [-0.3, -0.25) is 0 Å². The van der Waals surface area contributed by atoms with Crippen LogP contribution in [0.4, 0.5) is 0 Å². The van der Waals surface area contributed by atoms with Gasteiger partial charge in [0.15, 0.2) is 8.32 Å². The fourth-order valence-corrected chi connectivity index (χ4v) is 8.27. The molecule has 0 aliphatic carbocycles. The molecule has 0 spiro atoms. The van der Waals surface area contributed by atoms with Crippen LogP contribution in [0.2, 0.25) is 18.1 Å². The Bertz CT molecular complexity index is 261. The lowest BCUT2D eigenvalue weighted by molar-refractivity contribution is 0.169. The zero-order valence-corrected chi connectivity index (χ0v) is 17.5. The van der Waals surface area contributed by atoms with Gasteiger partial charge < -0.3 is 4.43 Å². The number of hydrogen-bond acceptors (Lipinski definition) is 1. The maximum absolute atomic E-state index is 6.72. The summed E-state index contributed by atoms with van der Waals surface area (Å²) >= 11 is 0. The lowest BCUT2D eigenvalue weighted by Gasteiger charge is -2.31. The third-order valence-electron chi connectivity index (χ3n) is 5.91. The summed E-state index contributed by atoms with van der Waals surface area (Å²) in [5.74, 6) is 0. The second-order valence-corrected chi connectivity index (χ2v) is 12.2. The molecule has 1 atom stereocenters. The van der Waals surface area contributed by atoms with E-state index in [1.807, 2.05) is 0 Å². The highest BCUT2D eigenvalue weighted by molar-refractivity contribution is 6.74. The molecular weight excluding hydrogens is 296 g/mol. The number of unbranched alkanes of at least 4 members (excludes halogenated alkanes) is 9. The molecule has 1 heterocycles. The summed E-state index contributed by atoms with van der Waals surface area (Å²) in [4.78, 5) is 0. The normalized spacial score (nSPS) is 18.4. The molecule has 0 saturated carbocycles. The molecule has 0 aromatic rings. The minimum Gasteiger partial charge on any atom is -0.414 e. The molecule has 1 unspecified atom stereocenters. The first kappa shape index (κ1) is 21.2. The van der Waals surface area contributed by atoms with Gasteiger partial charge in [-0.25, -0.2) is 0 Å². The highest BCUT2D eigenvalue weighted by Crippen LogP contribution is 2.36. The molecule has 0 aromatic heterocycles. The minimum atomic E-state index is -1.29. The third-order valence-corrected chi connectivity index (χ3v) is 10.6. The Labute approximate surface area is 148 Å². The Kier molecular flexibility index (Phi) is 12.4. The summed E-state index contributed by atoms with van der Waals surface area (Å²) < 4.78 is 6.72. The molecule has 1 saturated heterocycles. The van der Waals surface area contributed by atoms with Crippen molar-refractivity contribution in [3.05, 3.63) is 0 Å². The first-order valence-corrected chi connectivity index (χ1v) is 13.5. The Morgan fingerprint density at radius 3 is 1.74 bits per heavy atom. The van der Waals surface area contributed by atoms with Crippen LogP contribution in [0.5, 0.6) is 0 Å². The van der Waals surface area contributed by atoms with Crippen molar-refractivity contribution in [3.63, 3.8) is 0 Å². The van der Waals surface area contributed by atoms with Gasteiger partial charge in [0.25, 0.3) is 0 Å². The van der Waals surface area contributed by atoms with Crippen molar-refractivity contribution in [2.75, 3.05) is 0 Å². The van der Waals surface area contributed by atoms with Crippen LogP contribution in [-0.4, -0.2) is 14.4 Å². The molecule has 0 radical (unpaired) electrons. The van der Waals surface area contributed by atoms with Crippen molar-refractivity contribution >= 4 is 8.32 Å². The fourth-order valence-electron chi connectivity index (χ4n) is 4.13. The predicted molar refractivity (Wildman–Crippen MR) is 107 cm³/mol. The van der Waals surface area contributed by atoms with E-state index in [0.717, 1.165) is 0 Å². The molecule has 1 fully saturated rings. The summed E-state index contributed by atoms with van der Waals surface area (Å²) in [6.45, 7) is 7.00. The van der Waals surface area contributed by atoms with Crippen LogP contribution < -0.4 is 0 Å². The first-order chi connectivity index (χ1) is 11.3. The molecule has 23 heavy (non-hydrogen) atoms. The van der Waals surface area contributed by atoms with Crippen molar-refractivity contribution in [1.29, 1.82) is 0 Å². The highest BCUT2D eigenvalue weighted by atomic mass is 28.4. The fraction of sp³-hybridized carbons (Fsp3) is 1.00. The average Bonchev–Trinajstić information content (AvgIpc) is 3.04. The predicted octanol–water partition coefficient (Wildman–Crippen LogP) is 7.85. The van der Waals surface area contributed by atoms with Gasteiger partial charge in [-0.1, -0.05) is 97.8 Å². The summed E-state index contributed by atoms with van der Waals surface area (Å²) in [5.41, 5.74) is 0. The van der Waals surface area contributed by atoms with Crippen LogP contribution in [0.3, 0.4) is 0 Å². The maximum Gasteiger partial charge on any atom is 0.192 e. The SMILES string of the molecule is CCCCCCCCCCCCC(CC)O[Si]1(CC)CCCC1. The van der Waals surface area contributed by atoms with Crippen LogP contribution in [0, 0.1) is 0 Å². The van der Waals surface area contributed by atoms with E-state index in [1.54, 1.807) is 0 Å². The molecule has 2 heteroatoms. The molecule has 0 N–H and O–H groups in total. The summed E-state index contributed by atoms with van der Waals surface area (Å²) in [6.07, 6.45) is 20.4. The van der Waals surface area contributed by atoms with Gasteiger partial charge in [0, 0.05) is 6.10 Å². The smallest absolute Gasteiger partial charge is 0.192 e. The lowest BCUT2D eigenvalue weighted by Crippen LogP contribution is -2.38. The molecule has 138 valence electrons. The van der Waals surface area contributed by atoms with Gasteiger partial charge in [-0.15, -0.1) is 0 Å². The van der Waals surface area contributed by atoms with Crippen molar-refractivity contribution in [3.8, 4) is 0 Å². The standard InChI is InChI=1S/C21H44OSi/c1-4-7-8-9-10-11-12-13-14-15-18-21(5-2)22-23(6-3)19-16-17-20-23/h21H,4-20H2,1-3H3. The van der Waals surface area contributed by atoms with Gasteiger partial charge in [-0.2, -0.15) is 0 Å². The number of hydrogen-bond donors (Lipinski definition) is 0. The molecule has 1 nitrogen and oxygen atoms in total. The second kappa shape index (κ2) is 13.5. The van der Waals surface area contributed by atoms with E-state index >= 15 is 0 Å². The van der Waals surface area contributed by atoms with Crippen molar-refractivity contribution in [2.24, 2.45) is 0 Å². The van der Waals surface area contributed by atoms with Crippen LogP contribution in [0.25, 0.3) is 0 Å². The zero-order valence-electron chi connectivity index (χ0n) is 16.5. The monoisotopic (exact) mass is 340 g/mol. The summed E-state index contributed by atoms with van der Waals surface area (Å²) in [5, 5.41) is 0. The van der Waals surface area contributed by atoms with E-state index in [9.17, 15) is 0 Å². The Balaban J connectivity index is 2.00. The second-order valence-electron chi connectivity index (χ2n) is 7.86. The number of rotatable bonds is 15. The van der Waals surface area contributed by atoms with E-state index < -0.39 is 8.32 Å². The molecule has 1 rings (SSSR count). The zero-order chi connectivity index (χ0) is 16.8. The highest BCUT2D eigenvalue weighted by Gasteiger charge is 2.38. The van der Waals surface area contributed by atoms with Gasteiger partial charge in [0.2, 0.25) is 0 Å². The van der Waals surface area contributed by atoms with E-state index in [1.165, 1.54) is 108 Å². The molecular formula is C21H44OSi. The quantitative estimate of drug-likeness (QED) is 0.218. The van der Waals surface area contributed by atoms with Crippen LogP contribution >= 0.6 is 0 Å². The van der Waals surface area contributed by atoms with E-state index in [2.05, 4.69) is 20.8 Å². The van der Waals surface area contributed by atoms with E-state index in [-0.39, 0.29) is 0 Å². The maximum atomic E-state index is 6.72. The molecule has 1 aliphatic heterocycles. The Morgan fingerprint density at radius 1 is 0.739 bits per heavy atom. The first-order valence-electron chi connectivity index (χ1n) is 10.9. The van der Waals surface area contributed by atoms with E-state index in [0.29, 0.717) is 6.10 Å².